The lowest BCUT2D eigenvalue weighted by molar-refractivity contribution is 0.0694. The van der Waals surface area contributed by atoms with Gasteiger partial charge in [0.25, 0.3) is 5.91 Å². The van der Waals surface area contributed by atoms with Crippen LogP contribution in [-0.4, -0.2) is 46.9 Å². The number of nitrogens with zero attached hydrogens (tertiary/aromatic N) is 1. The summed E-state index contributed by atoms with van der Waals surface area (Å²) in [5.41, 5.74) is 4.20. The van der Waals surface area contributed by atoms with Gasteiger partial charge in [-0.2, -0.15) is 0 Å². The molecule has 0 radical (unpaired) electrons. The zero-order chi connectivity index (χ0) is 29.8. The average Bonchev–Trinajstić information content (AvgIpc) is 3.26. The monoisotopic (exact) mass is 585 g/mol. The van der Waals surface area contributed by atoms with Crippen molar-refractivity contribution in [2.24, 2.45) is 5.92 Å². The van der Waals surface area contributed by atoms with Crippen LogP contribution in [0, 0.1) is 5.92 Å². The van der Waals surface area contributed by atoms with Gasteiger partial charge in [-0.3, -0.25) is 4.79 Å². The molecule has 1 aliphatic carbocycles. The van der Waals surface area contributed by atoms with Gasteiger partial charge in [0.1, 0.15) is 0 Å². The fraction of sp³-hybridized carbons (Fsp3) is 0.667. The predicted molar refractivity (Wildman–Crippen MR) is 166 cm³/mol. The summed E-state index contributed by atoms with van der Waals surface area (Å²) in [5.74, 6) is 0.525. The SMILES string of the molecule is COCc1c(C(=O)NC2CCOCC2)cc(-c2ccc([S+]([O-])NC(C)(C)C)c(C(C)(C)C)c2)n1CC1CCCCC1. The molecule has 2 heterocycles. The van der Waals surface area contributed by atoms with Gasteiger partial charge in [-0.05, 0) is 87.6 Å². The number of aromatic nitrogens is 1. The molecule has 8 heteroatoms. The first-order valence-electron chi connectivity index (χ1n) is 15.3. The topological polar surface area (TPSA) is 87.6 Å². The van der Waals surface area contributed by atoms with Crippen LogP contribution in [-0.2, 0) is 39.4 Å². The maximum absolute atomic E-state index is 13.7. The van der Waals surface area contributed by atoms with Crippen LogP contribution in [0.25, 0.3) is 11.3 Å². The van der Waals surface area contributed by atoms with Crippen molar-refractivity contribution >= 4 is 17.3 Å². The van der Waals surface area contributed by atoms with Gasteiger partial charge in [0.05, 0.1) is 34.8 Å². The van der Waals surface area contributed by atoms with Crippen molar-refractivity contribution in [2.75, 3.05) is 20.3 Å². The highest BCUT2D eigenvalue weighted by atomic mass is 32.2. The lowest BCUT2D eigenvalue weighted by Crippen LogP contribution is -2.41. The second-order valence-electron chi connectivity index (χ2n) is 13.9. The highest BCUT2D eigenvalue weighted by Gasteiger charge is 2.31. The molecule has 2 N–H and O–H groups in total. The number of amides is 1. The number of benzene rings is 1. The Balaban J connectivity index is 1.80. The fourth-order valence-corrected chi connectivity index (χ4v) is 7.45. The molecule has 1 saturated heterocycles. The fourth-order valence-electron chi connectivity index (χ4n) is 6.03. The van der Waals surface area contributed by atoms with Gasteiger partial charge >= 0.3 is 0 Å². The first-order chi connectivity index (χ1) is 19.4. The van der Waals surface area contributed by atoms with Gasteiger partial charge in [-0.25, -0.2) is 0 Å². The van der Waals surface area contributed by atoms with E-state index in [4.69, 9.17) is 9.47 Å². The van der Waals surface area contributed by atoms with E-state index in [1.54, 1.807) is 7.11 Å². The molecule has 1 aromatic carbocycles. The Bertz CT molecular complexity index is 1170. The van der Waals surface area contributed by atoms with Crippen LogP contribution in [0.3, 0.4) is 0 Å². The van der Waals surface area contributed by atoms with E-state index in [1.165, 1.54) is 32.1 Å². The van der Waals surface area contributed by atoms with Gasteiger partial charge in [-0.15, -0.1) is 4.72 Å². The Kier molecular flexibility index (Phi) is 10.7. The van der Waals surface area contributed by atoms with E-state index in [9.17, 15) is 9.35 Å². The summed E-state index contributed by atoms with van der Waals surface area (Å²) in [6.45, 7) is 15.1. The summed E-state index contributed by atoms with van der Waals surface area (Å²) in [4.78, 5) is 14.5. The molecule has 2 fully saturated rings. The number of ether oxygens (including phenoxy) is 2. The highest BCUT2D eigenvalue weighted by Crippen LogP contribution is 2.37. The van der Waals surface area contributed by atoms with Crippen LogP contribution in [0.1, 0.15) is 108 Å². The molecule has 228 valence electrons. The van der Waals surface area contributed by atoms with E-state index < -0.39 is 11.4 Å². The van der Waals surface area contributed by atoms with Crippen molar-refractivity contribution < 1.29 is 18.8 Å². The van der Waals surface area contributed by atoms with Crippen LogP contribution in [0.4, 0.5) is 0 Å². The third kappa shape index (κ3) is 8.38. The molecule has 41 heavy (non-hydrogen) atoms. The quantitative estimate of drug-likeness (QED) is 0.328. The minimum Gasteiger partial charge on any atom is -0.593 e. The Morgan fingerprint density at radius 2 is 1.73 bits per heavy atom. The van der Waals surface area contributed by atoms with Crippen molar-refractivity contribution in [1.82, 2.24) is 14.6 Å². The minimum absolute atomic E-state index is 0.0456. The Labute approximate surface area is 250 Å². The van der Waals surface area contributed by atoms with Crippen molar-refractivity contribution in [3.8, 4) is 11.3 Å². The minimum atomic E-state index is -1.35. The molecule has 1 atom stereocenters. The first-order valence-corrected chi connectivity index (χ1v) is 16.5. The van der Waals surface area contributed by atoms with Gasteiger partial charge in [0.2, 0.25) is 0 Å². The number of carbonyl (C=O) groups excluding carboxylic acids is 1. The second-order valence-corrected chi connectivity index (χ2v) is 15.1. The molecule has 2 aromatic rings. The van der Waals surface area contributed by atoms with Crippen molar-refractivity contribution in [2.45, 2.75) is 122 Å². The molecule has 1 aromatic heterocycles. The summed E-state index contributed by atoms with van der Waals surface area (Å²) in [7, 11) is 1.70. The standard InChI is InChI=1S/C33H51N3O4S/c1-32(2,3)27-19-24(13-14-30(27)41(38)35-33(4,5)6)28-20-26(31(37)34-25-15-17-40-18-16-25)29(22-39-7)36(28)21-23-11-9-8-10-12-23/h13-14,19-20,23,25,35H,8-12,15-18,21-22H2,1-7H3,(H,34,37). The summed E-state index contributed by atoms with van der Waals surface area (Å²) in [6.07, 6.45) is 7.89. The van der Waals surface area contributed by atoms with Gasteiger partial charge < -0.3 is 23.9 Å². The van der Waals surface area contributed by atoms with Crippen molar-refractivity contribution in [3.63, 3.8) is 0 Å². The van der Waals surface area contributed by atoms with Crippen molar-refractivity contribution in [3.05, 3.63) is 41.1 Å². The smallest absolute Gasteiger partial charge is 0.253 e. The predicted octanol–water partition coefficient (Wildman–Crippen LogP) is 6.50. The summed E-state index contributed by atoms with van der Waals surface area (Å²) < 4.78 is 30.2. The van der Waals surface area contributed by atoms with Gasteiger partial charge in [0.15, 0.2) is 4.90 Å². The molecule has 1 amide bonds. The zero-order valence-electron chi connectivity index (χ0n) is 26.2. The van der Waals surface area contributed by atoms with E-state index in [0.29, 0.717) is 31.3 Å². The number of rotatable bonds is 9. The number of hydrogen-bond acceptors (Lipinski definition) is 5. The number of methoxy groups -OCH3 is 1. The molecular weight excluding hydrogens is 534 g/mol. The third-order valence-electron chi connectivity index (χ3n) is 8.14. The van der Waals surface area contributed by atoms with Gasteiger partial charge in [0, 0.05) is 44.2 Å². The molecule has 1 unspecified atom stereocenters. The van der Waals surface area contributed by atoms with Gasteiger partial charge in [-0.1, -0.05) is 40.0 Å². The average molecular weight is 586 g/mol. The maximum atomic E-state index is 13.7. The zero-order valence-corrected chi connectivity index (χ0v) is 27.0. The van der Waals surface area contributed by atoms with Crippen molar-refractivity contribution in [1.29, 1.82) is 0 Å². The molecule has 2 aliphatic rings. The number of hydrogen-bond donors (Lipinski definition) is 2. The van der Waals surface area contributed by atoms with Crippen LogP contribution in [0.2, 0.25) is 0 Å². The lowest BCUT2D eigenvalue weighted by atomic mass is 9.85. The Morgan fingerprint density at radius 3 is 2.34 bits per heavy atom. The normalized spacial score (nSPS) is 18.4. The number of nitrogens with one attached hydrogen (secondary N) is 2. The molecule has 1 saturated carbocycles. The van der Waals surface area contributed by atoms with E-state index in [0.717, 1.165) is 46.8 Å². The largest absolute Gasteiger partial charge is 0.593 e. The molecule has 0 bridgehead atoms. The molecular formula is C33H51N3O4S. The highest BCUT2D eigenvalue weighted by molar-refractivity contribution is 7.89. The van der Waals surface area contributed by atoms with E-state index >= 15 is 0 Å². The van der Waals surface area contributed by atoms with E-state index in [2.05, 4.69) is 53.6 Å². The first kappa shape index (κ1) is 32.1. The molecule has 4 rings (SSSR count). The van der Waals surface area contributed by atoms with Crippen LogP contribution < -0.4 is 10.0 Å². The van der Waals surface area contributed by atoms with Crippen LogP contribution in [0.15, 0.2) is 29.2 Å². The Hall–Kier alpha value is -1.84. The summed E-state index contributed by atoms with van der Waals surface area (Å²) in [5, 5.41) is 3.27. The summed E-state index contributed by atoms with van der Waals surface area (Å²) in [6, 6.07) is 8.42. The number of carbonyl (C=O) groups is 1. The van der Waals surface area contributed by atoms with Crippen LogP contribution >= 0.6 is 0 Å². The molecule has 0 spiro atoms. The maximum Gasteiger partial charge on any atom is 0.253 e. The third-order valence-corrected chi connectivity index (χ3v) is 9.69. The molecule has 1 aliphatic heterocycles. The molecule has 7 nitrogen and oxygen atoms in total. The van der Waals surface area contributed by atoms with Crippen LogP contribution in [0.5, 0.6) is 0 Å². The van der Waals surface area contributed by atoms with E-state index in [1.807, 2.05) is 26.8 Å². The Morgan fingerprint density at radius 1 is 1.05 bits per heavy atom. The lowest BCUT2D eigenvalue weighted by Gasteiger charge is -2.28. The summed E-state index contributed by atoms with van der Waals surface area (Å²) >= 11 is -1.35. The van der Waals surface area contributed by atoms with E-state index in [-0.39, 0.29) is 22.9 Å². The second kappa shape index (κ2) is 13.6.